The molecule has 0 amide bonds. The summed E-state index contributed by atoms with van der Waals surface area (Å²) in [7, 11) is 0. The van der Waals surface area contributed by atoms with Gasteiger partial charge >= 0.3 is 5.97 Å². The topological polar surface area (TPSA) is 26.3 Å². The summed E-state index contributed by atoms with van der Waals surface area (Å²) in [5.41, 5.74) is 2.60. The highest BCUT2D eigenvalue weighted by atomic mass is 16.5. The Bertz CT molecular complexity index is 793. The van der Waals surface area contributed by atoms with E-state index in [4.69, 9.17) is 4.74 Å². The zero-order valence-electron chi connectivity index (χ0n) is 24.7. The first-order valence-corrected chi connectivity index (χ1v) is 16.8. The van der Waals surface area contributed by atoms with Crippen molar-refractivity contribution < 1.29 is 9.53 Å². The smallest absolute Gasteiger partial charge is 0.306 e. The van der Waals surface area contributed by atoms with Gasteiger partial charge in [0.05, 0.1) is 0 Å². The number of hydrogen-bond acceptors (Lipinski definition) is 2. The molecule has 0 bridgehead atoms. The highest BCUT2D eigenvalue weighted by Gasteiger charge is 2.58. The maximum atomic E-state index is 12.7. The fourth-order valence-electron chi connectivity index (χ4n) is 10.3. The molecule has 0 radical (unpaired) electrons. The van der Waals surface area contributed by atoms with Gasteiger partial charge in [0.1, 0.15) is 6.10 Å². The van der Waals surface area contributed by atoms with Crippen LogP contribution < -0.4 is 0 Å². The third-order valence-corrected chi connectivity index (χ3v) is 12.6. The molecule has 0 aromatic heterocycles. The molecule has 0 saturated heterocycles. The van der Waals surface area contributed by atoms with Gasteiger partial charge in [0.25, 0.3) is 0 Å². The molecule has 5 aliphatic rings. The normalized spacial score (nSPS) is 39.9. The standard InChI is InChI=1S/C35H58O2/c1-4-5-6-7-8-12-15-27-17-19-31-30-18-16-28-25-29(37-33(36)24-26-13-10-9-11-14-26)20-22-35(28,3)32(30)21-23-34(27,31)2/h16,26-27,29-32H,4-15,17-25H2,1-3H3/t27?,29-,30?,31?,32?,34+,35-/m0/s1. The first-order valence-electron chi connectivity index (χ1n) is 16.8. The molecule has 5 rings (SSSR count). The van der Waals surface area contributed by atoms with Crippen LogP contribution in [0.1, 0.15) is 156 Å². The molecule has 0 heterocycles. The molecule has 0 spiro atoms. The van der Waals surface area contributed by atoms with E-state index < -0.39 is 0 Å². The monoisotopic (exact) mass is 510 g/mol. The number of allylic oxidation sites excluding steroid dienone is 1. The molecule has 2 nitrogen and oxygen atoms in total. The number of carbonyl (C=O) groups excluding carboxylic acids is 1. The molecule has 2 heteroatoms. The van der Waals surface area contributed by atoms with E-state index in [2.05, 4.69) is 26.8 Å². The predicted molar refractivity (Wildman–Crippen MR) is 154 cm³/mol. The van der Waals surface area contributed by atoms with Crippen LogP contribution in [0.2, 0.25) is 0 Å². The zero-order valence-corrected chi connectivity index (χ0v) is 24.7. The van der Waals surface area contributed by atoms with Crippen molar-refractivity contribution >= 4 is 5.97 Å². The maximum absolute atomic E-state index is 12.7. The molecule has 4 saturated carbocycles. The lowest BCUT2D eigenvalue weighted by Crippen LogP contribution is -2.50. The Morgan fingerprint density at radius 2 is 1.68 bits per heavy atom. The van der Waals surface area contributed by atoms with Gasteiger partial charge in [-0.15, -0.1) is 0 Å². The summed E-state index contributed by atoms with van der Waals surface area (Å²) in [6.45, 7) is 7.62. The van der Waals surface area contributed by atoms with E-state index in [1.54, 1.807) is 5.57 Å². The molecule has 4 unspecified atom stereocenters. The Balaban J connectivity index is 1.16. The Labute approximate surface area is 229 Å². The van der Waals surface area contributed by atoms with Gasteiger partial charge in [-0.3, -0.25) is 4.79 Å². The molecule has 7 atom stereocenters. The second-order valence-corrected chi connectivity index (χ2v) is 14.7. The third kappa shape index (κ3) is 5.89. The van der Waals surface area contributed by atoms with E-state index >= 15 is 0 Å². The number of rotatable bonds is 10. The molecule has 0 aliphatic heterocycles. The Hall–Kier alpha value is -0.790. The van der Waals surface area contributed by atoms with Crippen LogP contribution in [-0.4, -0.2) is 12.1 Å². The predicted octanol–water partition coefficient (Wildman–Crippen LogP) is 10.2. The first kappa shape index (κ1) is 27.8. The van der Waals surface area contributed by atoms with Gasteiger partial charge in [0.15, 0.2) is 0 Å². The van der Waals surface area contributed by atoms with Crippen molar-refractivity contribution in [2.75, 3.05) is 0 Å². The minimum Gasteiger partial charge on any atom is -0.462 e. The van der Waals surface area contributed by atoms with Crippen LogP contribution in [0.4, 0.5) is 0 Å². The van der Waals surface area contributed by atoms with Gasteiger partial charge in [-0.05, 0) is 105 Å². The number of esters is 1. The Morgan fingerprint density at radius 1 is 0.892 bits per heavy atom. The third-order valence-electron chi connectivity index (χ3n) is 12.6. The zero-order chi connectivity index (χ0) is 25.9. The van der Waals surface area contributed by atoms with Crippen LogP contribution in [0.25, 0.3) is 0 Å². The van der Waals surface area contributed by atoms with Crippen molar-refractivity contribution in [2.45, 2.75) is 162 Å². The van der Waals surface area contributed by atoms with Crippen molar-refractivity contribution in [3.63, 3.8) is 0 Å². The van der Waals surface area contributed by atoms with Crippen LogP contribution in [0.15, 0.2) is 11.6 Å². The molecule has 37 heavy (non-hydrogen) atoms. The van der Waals surface area contributed by atoms with E-state index in [-0.39, 0.29) is 12.1 Å². The number of carbonyl (C=O) groups is 1. The molecule has 0 N–H and O–H groups in total. The van der Waals surface area contributed by atoms with Crippen LogP contribution in [0, 0.1) is 40.4 Å². The Morgan fingerprint density at radius 3 is 2.49 bits per heavy atom. The summed E-state index contributed by atoms with van der Waals surface area (Å²) in [4.78, 5) is 12.7. The van der Waals surface area contributed by atoms with E-state index in [0.29, 0.717) is 23.2 Å². The number of unbranched alkanes of at least 4 members (excludes halogenated alkanes) is 5. The summed E-state index contributed by atoms with van der Waals surface area (Å²) < 4.78 is 6.11. The van der Waals surface area contributed by atoms with Crippen LogP contribution in [0.5, 0.6) is 0 Å². The summed E-state index contributed by atoms with van der Waals surface area (Å²) in [5, 5.41) is 0. The molecular formula is C35H58O2. The fraction of sp³-hybridized carbons (Fsp3) is 0.914. The SMILES string of the molecule is CCCCCCCCC1CCC2C3CC=C4C[C@@H](OC(=O)CC5CCCCC5)CC[C@]4(C)C3CC[C@]12C. The van der Waals surface area contributed by atoms with E-state index in [9.17, 15) is 4.79 Å². The fourth-order valence-corrected chi connectivity index (χ4v) is 10.3. The molecule has 210 valence electrons. The van der Waals surface area contributed by atoms with Gasteiger partial charge < -0.3 is 4.74 Å². The lowest BCUT2D eigenvalue weighted by Gasteiger charge is -2.58. The molecule has 0 aromatic rings. The molecule has 4 fully saturated rings. The van der Waals surface area contributed by atoms with Gasteiger partial charge in [-0.2, -0.15) is 0 Å². The van der Waals surface area contributed by atoms with Gasteiger partial charge in [-0.1, -0.05) is 90.2 Å². The lowest BCUT2D eigenvalue weighted by molar-refractivity contribution is -0.152. The van der Waals surface area contributed by atoms with E-state index in [1.807, 2.05) is 0 Å². The highest BCUT2D eigenvalue weighted by molar-refractivity contribution is 5.70. The number of hydrogen-bond donors (Lipinski definition) is 0. The lowest BCUT2D eigenvalue weighted by atomic mass is 9.47. The second kappa shape index (κ2) is 12.2. The average molecular weight is 511 g/mol. The summed E-state index contributed by atoms with van der Waals surface area (Å²) in [6.07, 6.45) is 30.4. The van der Waals surface area contributed by atoms with Crippen molar-refractivity contribution in [3.05, 3.63) is 11.6 Å². The highest BCUT2D eigenvalue weighted by Crippen LogP contribution is 2.66. The quantitative estimate of drug-likeness (QED) is 0.166. The van der Waals surface area contributed by atoms with Gasteiger partial charge in [0, 0.05) is 12.8 Å². The number of ether oxygens (including phenoxy) is 1. The first-order chi connectivity index (χ1) is 17.9. The summed E-state index contributed by atoms with van der Waals surface area (Å²) >= 11 is 0. The average Bonchev–Trinajstić information content (AvgIpc) is 3.23. The van der Waals surface area contributed by atoms with Crippen LogP contribution >= 0.6 is 0 Å². The maximum Gasteiger partial charge on any atom is 0.306 e. The summed E-state index contributed by atoms with van der Waals surface area (Å²) in [6, 6.07) is 0. The van der Waals surface area contributed by atoms with E-state index in [1.165, 1.54) is 116 Å². The molecule has 5 aliphatic carbocycles. The summed E-state index contributed by atoms with van der Waals surface area (Å²) in [5.74, 6) is 4.34. The largest absolute Gasteiger partial charge is 0.462 e. The number of fused-ring (bicyclic) bond motifs is 5. The second-order valence-electron chi connectivity index (χ2n) is 14.7. The van der Waals surface area contributed by atoms with Crippen molar-refractivity contribution in [2.24, 2.45) is 40.4 Å². The molecule has 0 aromatic carbocycles. The van der Waals surface area contributed by atoms with Gasteiger partial charge in [0.2, 0.25) is 0 Å². The minimum atomic E-state index is 0.0885. The van der Waals surface area contributed by atoms with Crippen molar-refractivity contribution in [1.82, 2.24) is 0 Å². The van der Waals surface area contributed by atoms with Crippen LogP contribution in [-0.2, 0) is 9.53 Å². The van der Waals surface area contributed by atoms with Crippen molar-refractivity contribution in [1.29, 1.82) is 0 Å². The van der Waals surface area contributed by atoms with E-state index in [0.717, 1.165) is 36.5 Å². The Kier molecular flexibility index (Phi) is 9.13. The molecular weight excluding hydrogens is 452 g/mol. The van der Waals surface area contributed by atoms with Crippen molar-refractivity contribution in [3.8, 4) is 0 Å². The minimum absolute atomic E-state index is 0.0885. The van der Waals surface area contributed by atoms with Gasteiger partial charge in [-0.25, -0.2) is 0 Å². The van der Waals surface area contributed by atoms with Crippen LogP contribution in [0.3, 0.4) is 0 Å².